The summed E-state index contributed by atoms with van der Waals surface area (Å²) in [5.41, 5.74) is 0. The Labute approximate surface area is 133 Å². The number of hydrogen-bond donors (Lipinski definition) is 1. The number of nitrogens with one attached hydrogen (secondary N) is 1. The van der Waals surface area contributed by atoms with Crippen molar-refractivity contribution >= 4 is 5.91 Å². The zero-order valence-corrected chi connectivity index (χ0v) is 12.9. The Morgan fingerprint density at radius 3 is 3.00 bits per heavy atom. The Balaban J connectivity index is 1.51. The number of rotatable bonds is 7. The maximum absolute atomic E-state index is 12.2. The van der Waals surface area contributed by atoms with Gasteiger partial charge in [0.25, 0.3) is 5.91 Å². The van der Waals surface area contributed by atoms with E-state index >= 15 is 0 Å². The van der Waals surface area contributed by atoms with Gasteiger partial charge < -0.3 is 14.8 Å². The van der Waals surface area contributed by atoms with Crippen LogP contribution in [0.15, 0.2) is 31.0 Å². The van der Waals surface area contributed by atoms with E-state index in [1.165, 1.54) is 0 Å². The first-order valence-corrected chi connectivity index (χ1v) is 7.49. The Bertz CT molecular complexity index is 640. The summed E-state index contributed by atoms with van der Waals surface area (Å²) in [4.78, 5) is 24.5. The van der Waals surface area contributed by atoms with Gasteiger partial charge in [-0.15, -0.1) is 0 Å². The molecule has 0 saturated heterocycles. The molecule has 3 rings (SSSR count). The lowest BCUT2D eigenvalue weighted by Gasteiger charge is -2.35. The summed E-state index contributed by atoms with van der Waals surface area (Å²) < 4.78 is 12.2. The Kier molecular flexibility index (Phi) is 4.94. The molecule has 0 aliphatic heterocycles. The second-order valence-corrected chi connectivity index (χ2v) is 5.34. The molecule has 23 heavy (non-hydrogen) atoms. The fraction of sp³-hybridized carbons (Fsp3) is 0.467. The van der Waals surface area contributed by atoms with Crippen molar-refractivity contribution < 1.29 is 14.3 Å². The molecule has 1 aliphatic rings. The predicted molar refractivity (Wildman–Crippen MR) is 81.3 cm³/mol. The van der Waals surface area contributed by atoms with Gasteiger partial charge >= 0.3 is 0 Å². The van der Waals surface area contributed by atoms with E-state index in [4.69, 9.17) is 9.47 Å². The second kappa shape index (κ2) is 7.30. The standard InChI is InChI=1S/C15H19N5O3/c1-22-6-7-23-12-8-11(9-12)18-15(21)14-17-3-2-13(19-14)20-5-4-16-10-20/h2-5,10-12H,6-9H2,1H3,(H,18,21). The third-order valence-corrected chi connectivity index (χ3v) is 3.68. The maximum atomic E-state index is 12.2. The summed E-state index contributed by atoms with van der Waals surface area (Å²) in [6, 6.07) is 1.83. The van der Waals surface area contributed by atoms with E-state index in [0.29, 0.717) is 19.0 Å². The minimum atomic E-state index is -0.271. The zero-order chi connectivity index (χ0) is 16.1. The first kappa shape index (κ1) is 15.6. The van der Waals surface area contributed by atoms with Gasteiger partial charge in [-0.3, -0.25) is 9.36 Å². The SMILES string of the molecule is COCCOC1CC(NC(=O)c2nccc(-n3ccnc3)n2)C1. The molecule has 1 N–H and O–H groups in total. The fourth-order valence-corrected chi connectivity index (χ4v) is 2.36. The third kappa shape index (κ3) is 3.91. The third-order valence-electron chi connectivity index (χ3n) is 3.68. The molecule has 0 aromatic carbocycles. The van der Waals surface area contributed by atoms with Crippen LogP contribution in [-0.4, -0.2) is 57.9 Å². The minimum Gasteiger partial charge on any atom is -0.382 e. The van der Waals surface area contributed by atoms with Gasteiger partial charge in [-0.05, 0) is 18.9 Å². The van der Waals surface area contributed by atoms with E-state index in [0.717, 1.165) is 12.8 Å². The lowest BCUT2D eigenvalue weighted by Crippen LogP contribution is -2.48. The van der Waals surface area contributed by atoms with Crippen LogP contribution in [0.4, 0.5) is 0 Å². The molecule has 2 aromatic heterocycles. The summed E-state index contributed by atoms with van der Waals surface area (Å²) >= 11 is 0. The van der Waals surface area contributed by atoms with E-state index in [1.54, 1.807) is 42.7 Å². The van der Waals surface area contributed by atoms with Gasteiger partial charge in [0.2, 0.25) is 5.82 Å². The van der Waals surface area contributed by atoms with Gasteiger partial charge in [0.1, 0.15) is 12.1 Å². The molecule has 0 spiro atoms. The number of imidazole rings is 1. The average molecular weight is 317 g/mol. The predicted octanol–water partition coefficient (Wildman–Crippen LogP) is 0.586. The number of aromatic nitrogens is 4. The molecule has 2 heterocycles. The summed E-state index contributed by atoms with van der Waals surface area (Å²) in [6.07, 6.45) is 8.39. The highest BCUT2D eigenvalue weighted by molar-refractivity contribution is 5.90. The van der Waals surface area contributed by atoms with Crippen molar-refractivity contribution in [2.45, 2.75) is 25.0 Å². The Morgan fingerprint density at radius 2 is 2.26 bits per heavy atom. The van der Waals surface area contributed by atoms with Crippen molar-refractivity contribution in [2.24, 2.45) is 0 Å². The van der Waals surface area contributed by atoms with Crippen molar-refractivity contribution in [2.75, 3.05) is 20.3 Å². The minimum absolute atomic E-state index is 0.107. The molecule has 1 saturated carbocycles. The van der Waals surface area contributed by atoms with Crippen LogP contribution in [0.2, 0.25) is 0 Å². The van der Waals surface area contributed by atoms with Crippen molar-refractivity contribution in [3.05, 3.63) is 36.8 Å². The lowest BCUT2D eigenvalue weighted by molar-refractivity contribution is -0.0343. The first-order valence-electron chi connectivity index (χ1n) is 7.49. The highest BCUT2D eigenvalue weighted by atomic mass is 16.5. The van der Waals surface area contributed by atoms with Crippen molar-refractivity contribution in [3.8, 4) is 5.82 Å². The number of nitrogens with zero attached hydrogens (tertiary/aromatic N) is 4. The summed E-state index contributed by atoms with van der Waals surface area (Å²) in [6.45, 7) is 1.17. The topological polar surface area (TPSA) is 91.2 Å². The molecule has 8 nitrogen and oxygen atoms in total. The molecule has 0 radical (unpaired) electrons. The van der Waals surface area contributed by atoms with Crippen molar-refractivity contribution in [3.63, 3.8) is 0 Å². The van der Waals surface area contributed by atoms with E-state index < -0.39 is 0 Å². The molecule has 1 aliphatic carbocycles. The van der Waals surface area contributed by atoms with Crippen LogP contribution < -0.4 is 5.32 Å². The quantitative estimate of drug-likeness (QED) is 0.751. The molecule has 8 heteroatoms. The number of ether oxygens (including phenoxy) is 2. The number of carbonyl (C=O) groups excluding carboxylic acids is 1. The van der Waals surface area contributed by atoms with Crippen molar-refractivity contribution in [1.82, 2.24) is 24.8 Å². The molecule has 1 amide bonds. The van der Waals surface area contributed by atoms with Gasteiger partial charge in [0, 0.05) is 31.7 Å². The summed E-state index contributed by atoms with van der Waals surface area (Å²) in [5, 5.41) is 2.93. The highest BCUT2D eigenvalue weighted by Gasteiger charge is 2.31. The second-order valence-electron chi connectivity index (χ2n) is 5.34. The van der Waals surface area contributed by atoms with Crippen LogP contribution >= 0.6 is 0 Å². The zero-order valence-electron chi connectivity index (χ0n) is 12.9. The molecule has 0 atom stereocenters. The smallest absolute Gasteiger partial charge is 0.289 e. The van der Waals surface area contributed by atoms with Crippen LogP contribution in [0.5, 0.6) is 0 Å². The molecule has 0 unspecified atom stereocenters. The van der Waals surface area contributed by atoms with Gasteiger partial charge in [-0.2, -0.15) is 0 Å². The molecular weight excluding hydrogens is 298 g/mol. The van der Waals surface area contributed by atoms with Gasteiger partial charge in [0.05, 0.1) is 19.3 Å². The molecule has 2 aromatic rings. The number of methoxy groups -OCH3 is 1. The highest BCUT2D eigenvalue weighted by Crippen LogP contribution is 2.23. The number of amides is 1. The normalized spacial score (nSPS) is 20.0. The van der Waals surface area contributed by atoms with Gasteiger partial charge in [0.15, 0.2) is 0 Å². The van der Waals surface area contributed by atoms with Crippen LogP contribution in [0.3, 0.4) is 0 Å². The Morgan fingerprint density at radius 1 is 1.39 bits per heavy atom. The number of carbonyl (C=O) groups is 1. The van der Waals surface area contributed by atoms with Crippen molar-refractivity contribution in [1.29, 1.82) is 0 Å². The average Bonchev–Trinajstić information content (AvgIpc) is 3.07. The number of hydrogen-bond acceptors (Lipinski definition) is 6. The molecule has 0 bridgehead atoms. The van der Waals surface area contributed by atoms with Crippen LogP contribution in [-0.2, 0) is 9.47 Å². The van der Waals surface area contributed by atoms with E-state index in [2.05, 4.69) is 20.3 Å². The fourth-order valence-electron chi connectivity index (χ4n) is 2.36. The largest absolute Gasteiger partial charge is 0.382 e. The summed E-state index contributed by atoms with van der Waals surface area (Å²) in [5.74, 6) is 0.490. The van der Waals surface area contributed by atoms with E-state index in [9.17, 15) is 4.79 Å². The Hall–Kier alpha value is -2.32. The van der Waals surface area contributed by atoms with Crippen LogP contribution in [0.1, 0.15) is 23.5 Å². The first-order chi connectivity index (χ1) is 11.3. The lowest BCUT2D eigenvalue weighted by atomic mass is 9.89. The molecule has 1 fully saturated rings. The van der Waals surface area contributed by atoms with E-state index in [1.807, 2.05) is 0 Å². The monoisotopic (exact) mass is 317 g/mol. The molecular formula is C15H19N5O3. The molecule has 122 valence electrons. The summed E-state index contributed by atoms with van der Waals surface area (Å²) in [7, 11) is 1.64. The maximum Gasteiger partial charge on any atom is 0.289 e. The van der Waals surface area contributed by atoms with E-state index in [-0.39, 0.29) is 23.9 Å². The van der Waals surface area contributed by atoms with Gasteiger partial charge in [-0.1, -0.05) is 0 Å². The van der Waals surface area contributed by atoms with Gasteiger partial charge in [-0.25, -0.2) is 15.0 Å². The van der Waals surface area contributed by atoms with Crippen LogP contribution in [0.25, 0.3) is 5.82 Å². The van der Waals surface area contributed by atoms with Crippen LogP contribution in [0, 0.1) is 0 Å².